The molecule has 0 aromatic carbocycles. The van der Waals surface area contributed by atoms with Gasteiger partial charge in [0.2, 0.25) is 0 Å². The maximum Gasteiger partial charge on any atom is 0.178 e. The smallest absolute Gasteiger partial charge is 0.178 e. The Bertz CT molecular complexity index is 414. The lowest BCUT2D eigenvalue weighted by atomic mass is 10.2. The summed E-state index contributed by atoms with van der Waals surface area (Å²) in [5.41, 5.74) is 1.11. The molecule has 0 aromatic heterocycles. The Morgan fingerprint density at radius 1 is 1.50 bits per heavy atom. The van der Waals surface area contributed by atoms with Crippen LogP contribution in [-0.4, -0.2) is 20.5 Å². The van der Waals surface area contributed by atoms with E-state index in [1.54, 1.807) is 6.92 Å². The second-order valence-corrected chi connectivity index (χ2v) is 5.26. The van der Waals surface area contributed by atoms with Crippen molar-refractivity contribution in [3.8, 4) is 0 Å². The highest BCUT2D eigenvalue weighted by Crippen LogP contribution is 2.26. The van der Waals surface area contributed by atoms with Crippen molar-refractivity contribution in [2.75, 3.05) is 5.75 Å². The highest BCUT2D eigenvalue weighted by Gasteiger charge is 2.25. The Labute approximate surface area is 83.7 Å². The lowest BCUT2D eigenvalue weighted by Gasteiger charge is -1.97. The monoisotopic (exact) mass is 212 g/mol. The Balaban J connectivity index is 3.22. The molecule has 0 bridgehead atoms. The zero-order chi connectivity index (χ0) is 10.8. The molecular formula is C10H12O3S. The molecule has 1 heterocycles. The highest BCUT2D eigenvalue weighted by atomic mass is 32.2. The van der Waals surface area contributed by atoms with E-state index < -0.39 is 9.84 Å². The third-order valence-corrected chi connectivity index (χ3v) is 4.05. The zero-order valence-electron chi connectivity index (χ0n) is 7.99. The number of sulfone groups is 1. The van der Waals surface area contributed by atoms with Crippen LogP contribution in [0, 0.1) is 0 Å². The lowest BCUT2D eigenvalue weighted by Crippen LogP contribution is -2.01. The van der Waals surface area contributed by atoms with Crippen LogP contribution in [0.1, 0.15) is 13.3 Å². The summed E-state index contributed by atoms with van der Waals surface area (Å²) >= 11 is 0. The normalized spacial score (nSPS) is 21.1. The number of aldehydes is 1. The fourth-order valence-electron chi connectivity index (χ4n) is 1.29. The van der Waals surface area contributed by atoms with Gasteiger partial charge in [-0.1, -0.05) is 18.2 Å². The molecule has 0 radical (unpaired) electrons. The summed E-state index contributed by atoms with van der Waals surface area (Å²) in [7, 11) is -3.15. The fourth-order valence-corrected chi connectivity index (χ4v) is 3.03. The van der Waals surface area contributed by atoms with Crippen molar-refractivity contribution >= 4 is 16.1 Å². The SMILES string of the molecule is C=C/C(C=O)=C\C1=C(C)CCS1(=O)=O. The predicted octanol–water partition coefficient (Wildman–Crippen LogP) is 1.39. The summed E-state index contributed by atoms with van der Waals surface area (Å²) in [6.07, 6.45) is 3.89. The van der Waals surface area contributed by atoms with Gasteiger partial charge in [-0.05, 0) is 19.4 Å². The van der Waals surface area contributed by atoms with E-state index in [1.807, 2.05) is 0 Å². The van der Waals surface area contributed by atoms with E-state index in [4.69, 9.17) is 0 Å². The van der Waals surface area contributed by atoms with Crippen LogP contribution < -0.4 is 0 Å². The molecule has 1 aliphatic rings. The molecular weight excluding hydrogens is 200 g/mol. The van der Waals surface area contributed by atoms with Crippen LogP contribution in [0.15, 0.2) is 34.8 Å². The summed E-state index contributed by atoms with van der Waals surface area (Å²) in [6, 6.07) is 0. The van der Waals surface area contributed by atoms with E-state index in [0.717, 1.165) is 5.57 Å². The fraction of sp³-hybridized carbons (Fsp3) is 0.300. The first-order chi connectivity index (χ1) is 6.51. The minimum absolute atomic E-state index is 0.147. The molecule has 0 saturated heterocycles. The van der Waals surface area contributed by atoms with Crippen LogP contribution in [0.3, 0.4) is 0 Å². The summed E-state index contributed by atoms with van der Waals surface area (Å²) < 4.78 is 23.0. The summed E-state index contributed by atoms with van der Waals surface area (Å²) in [4.78, 5) is 10.8. The second-order valence-electron chi connectivity index (χ2n) is 3.18. The van der Waals surface area contributed by atoms with Crippen molar-refractivity contribution < 1.29 is 13.2 Å². The maximum atomic E-state index is 11.5. The van der Waals surface area contributed by atoms with E-state index in [9.17, 15) is 13.2 Å². The van der Waals surface area contributed by atoms with Gasteiger partial charge in [0.15, 0.2) is 9.84 Å². The van der Waals surface area contributed by atoms with Crippen LogP contribution in [0.4, 0.5) is 0 Å². The topological polar surface area (TPSA) is 51.2 Å². The summed E-state index contributed by atoms with van der Waals surface area (Å²) in [6.45, 7) is 5.20. The number of rotatable bonds is 3. The van der Waals surface area contributed by atoms with Gasteiger partial charge in [0, 0.05) is 5.57 Å². The van der Waals surface area contributed by atoms with Crippen LogP contribution in [0.2, 0.25) is 0 Å². The van der Waals surface area contributed by atoms with Crippen LogP contribution in [0.25, 0.3) is 0 Å². The third kappa shape index (κ3) is 2.01. The Kier molecular flexibility index (Phi) is 3.06. The van der Waals surface area contributed by atoms with Crippen molar-refractivity contribution in [1.82, 2.24) is 0 Å². The van der Waals surface area contributed by atoms with Gasteiger partial charge in [0.25, 0.3) is 0 Å². The highest BCUT2D eigenvalue weighted by molar-refractivity contribution is 7.95. The minimum atomic E-state index is -3.15. The predicted molar refractivity (Wildman–Crippen MR) is 55.4 cm³/mol. The molecule has 0 saturated carbocycles. The molecule has 76 valence electrons. The maximum absolute atomic E-state index is 11.5. The van der Waals surface area contributed by atoms with Gasteiger partial charge in [0.05, 0.1) is 10.7 Å². The molecule has 0 fully saturated rings. The molecule has 0 spiro atoms. The molecule has 14 heavy (non-hydrogen) atoms. The molecule has 0 atom stereocenters. The molecule has 0 N–H and O–H groups in total. The van der Waals surface area contributed by atoms with Crippen molar-refractivity contribution in [3.05, 3.63) is 34.8 Å². The Morgan fingerprint density at radius 3 is 2.50 bits per heavy atom. The average Bonchev–Trinajstić information content (AvgIpc) is 2.39. The summed E-state index contributed by atoms with van der Waals surface area (Å²) in [5, 5.41) is 0. The quantitative estimate of drug-likeness (QED) is 0.403. The van der Waals surface area contributed by atoms with E-state index in [2.05, 4.69) is 6.58 Å². The Morgan fingerprint density at radius 2 is 2.14 bits per heavy atom. The zero-order valence-corrected chi connectivity index (χ0v) is 8.80. The molecule has 3 nitrogen and oxygen atoms in total. The number of hydrogen-bond acceptors (Lipinski definition) is 3. The lowest BCUT2D eigenvalue weighted by molar-refractivity contribution is -0.104. The first-order valence-electron chi connectivity index (χ1n) is 4.23. The van der Waals surface area contributed by atoms with Crippen molar-refractivity contribution in [3.63, 3.8) is 0 Å². The van der Waals surface area contributed by atoms with Gasteiger partial charge in [0.1, 0.15) is 6.29 Å². The summed E-state index contributed by atoms with van der Waals surface area (Å²) in [5.74, 6) is 0.147. The molecule has 1 rings (SSSR count). The van der Waals surface area contributed by atoms with Gasteiger partial charge in [-0.15, -0.1) is 0 Å². The number of carbonyl (C=O) groups excluding carboxylic acids is 1. The average molecular weight is 212 g/mol. The van der Waals surface area contributed by atoms with Gasteiger partial charge < -0.3 is 0 Å². The molecule has 1 aliphatic heterocycles. The standard InChI is InChI=1S/C10H12O3S/c1-3-9(7-11)6-10-8(2)4-5-14(10,12)13/h3,6-7H,1,4-5H2,2H3/b9-6+. The van der Waals surface area contributed by atoms with E-state index in [-0.39, 0.29) is 10.7 Å². The third-order valence-electron chi connectivity index (χ3n) is 2.17. The van der Waals surface area contributed by atoms with Gasteiger partial charge in [-0.3, -0.25) is 4.79 Å². The number of allylic oxidation sites excluding steroid dienone is 4. The molecule has 0 aliphatic carbocycles. The van der Waals surface area contributed by atoms with E-state index in [1.165, 1.54) is 12.2 Å². The molecule has 4 heteroatoms. The van der Waals surface area contributed by atoms with Gasteiger partial charge >= 0.3 is 0 Å². The molecule has 0 amide bonds. The van der Waals surface area contributed by atoms with Crippen LogP contribution >= 0.6 is 0 Å². The van der Waals surface area contributed by atoms with Crippen LogP contribution in [-0.2, 0) is 14.6 Å². The van der Waals surface area contributed by atoms with E-state index in [0.29, 0.717) is 18.3 Å². The number of carbonyl (C=O) groups is 1. The molecule has 0 aromatic rings. The first-order valence-corrected chi connectivity index (χ1v) is 5.88. The van der Waals surface area contributed by atoms with E-state index >= 15 is 0 Å². The second kappa shape index (κ2) is 3.92. The van der Waals surface area contributed by atoms with Crippen LogP contribution in [0.5, 0.6) is 0 Å². The largest absolute Gasteiger partial charge is 0.298 e. The van der Waals surface area contributed by atoms with Gasteiger partial charge in [-0.2, -0.15) is 0 Å². The minimum Gasteiger partial charge on any atom is -0.298 e. The Hall–Kier alpha value is -1.16. The van der Waals surface area contributed by atoms with Gasteiger partial charge in [-0.25, -0.2) is 8.42 Å². The number of hydrogen-bond donors (Lipinski definition) is 0. The first kappa shape index (κ1) is 10.9. The molecule has 0 unspecified atom stereocenters. The van der Waals surface area contributed by atoms with Crippen molar-refractivity contribution in [1.29, 1.82) is 0 Å². The van der Waals surface area contributed by atoms with Crippen molar-refractivity contribution in [2.24, 2.45) is 0 Å². The van der Waals surface area contributed by atoms with Crippen molar-refractivity contribution in [2.45, 2.75) is 13.3 Å².